The third-order valence-electron chi connectivity index (χ3n) is 2.97. The summed E-state index contributed by atoms with van der Waals surface area (Å²) in [5.74, 6) is 4.09. The molecule has 0 saturated heterocycles. The van der Waals surface area contributed by atoms with Gasteiger partial charge in [-0.2, -0.15) is 13.2 Å². The number of hydrogen-bond donors (Lipinski definition) is 2. The van der Waals surface area contributed by atoms with Crippen LogP contribution in [0.3, 0.4) is 0 Å². The number of alkyl halides is 3. The molecular weight excluding hydrogens is 259 g/mol. The lowest BCUT2D eigenvalue weighted by Gasteiger charge is -2.27. The van der Waals surface area contributed by atoms with Gasteiger partial charge in [0.15, 0.2) is 0 Å². The Morgan fingerprint density at radius 3 is 2.32 bits per heavy atom. The van der Waals surface area contributed by atoms with E-state index < -0.39 is 12.0 Å². The van der Waals surface area contributed by atoms with Crippen molar-refractivity contribution in [2.75, 3.05) is 17.4 Å². The quantitative estimate of drug-likeness (QED) is 0.639. The third-order valence-corrected chi connectivity index (χ3v) is 2.97. The van der Waals surface area contributed by atoms with Gasteiger partial charge in [0.2, 0.25) is 5.82 Å². The molecule has 1 aromatic rings. The predicted octanol–water partition coefficient (Wildman–Crippen LogP) is 2.41. The monoisotopic (exact) mass is 277 g/mol. The maximum Gasteiger partial charge on any atom is 0.451 e. The van der Waals surface area contributed by atoms with Crippen molar-refractivity contribution in [2.24, 2.45) is 5.84 Å². The van der Waals surface area contributed by atoms with Crippen LogP contribution in [-0.4, -0.2) is 23.1 Å². The summed E-state index contributed by atoms with van der Waals surface area (Å²) in [6, 6.07) is 1.51. The van der Waals surface area contributed by atoms with E-state index in [2.05, 4.69) is 15.4 Å². The summed E-state index contributed by atoms with van der Waals surface area (Å²) in [5.41, 5.74) is 2.13. The highest BCUT2D eigenvalue weighted by Crippen LogP contribution is 2.29. The molecule has 0 radical (unpaired) electrons. The molecule has 8 heteroatoms. The van der Waals surface area contributed by atoms with Gasteiger partial charge >= 0.3 is 6.18 Å². The van der Waals surface area contributed by atoms with Crippen LogP contribution >= 0.6 is 0 Å². The first-order chi connectivity index (χ1) is 8.83. The predicted molar refractivity (Wildman–Crippen MR) is 67.6 cm³/mol. The number of nitrogens with zero attached hydrogens (tertiary/aromatic N) is 3. The van der Waals surface area contributed by atoms with E-state index in [1.807, 2.05) is 13.8 Å². The van der Waals surface area contributed by atoms with E-state index in [0.29, 0.717) is 0 Å². The molecule has 108 valence electrons. The van der Waals surface area contributed by atoms with Gasteiger partial charge in [-0.25, -0.2) is 15.8 Å². The highest BCUT2D eigenvalue weighted by Gasteiger charge is 2.36. The highest BCUT2D eigenvalue weighted by molar-refractivity contribution is 5.49. The molecular formula is C11H18F3N5. The molecule has 0 aliphatic carbocycles. The van der Waals surface area contributed by atoms with Crippen LogP contribution < -0.4 is 16.2 Å². The zero-order chi connectivity index (χ0) is 14.6. The largest absolute Gasteiger partial charge is 0.451 e. The van der Waals surface area contributed by atoms with Crippen molar-refractivity contribution >= 4 is 11.6 Å². The molecule has 1 aromatic heterocycles. The molecule has 0 fully saturated rings. The normalized spacial score (nSPS) is 11.8. The van der Waals surface area contributed by atoms with E-state index in [1.54, 1.807) is 11.9 Å². The molecule has 0 aliphatic heterocycles. The van der Waals surface area contributed by atoms with Crippen molar-refractivity contribution in [3.8, 4) is 0 Å². The average Bonchev–Trinajstić information content (AvgIpc) is 2.38. The number of hydrazine groups is 1. The molecule has 1 heterocycles. The Labute approximate surface area is 110 Å². The van der Waals surface area contributed by atoms with Crippen molar-refractivity contribution in [1.29, 1.82) is 0 Å². The standard InChI is InChI=1S/C11H18F3N5/c1-4-7(5-2)19(3)9-6-8(18-15)16-10(17-9)11(12,13)14/h6-7H,4-5,15H2,1-3H3,(H,16,17,18). The molecule has 0 unspecified atom stereocenters. The SMILES string of the molecule is CCC(CC)N(C)c1cc(NN)nc(C(F)(F)F)n1. The number of hydrogen-bond acceptors (Lipinski definition) is 5. The van der Waals surface area contributed by atoms with Crippen LogP contribution in [0, 0.1) is 0 Å². The summed E-state index contributed by atoms with van der Waals surface area (Å²) in [6.07, 6.45) is -2.98. The average molecular weight is 277 g/mol. The van der Waals surface area contributed by atoms with Crippen molar-refractivity contribution in [3.63, 3.8) is 0 Å². The number of halogens is 3. The van der Waals surface area contributed by atoms with Gasteiger partial charge in [-0.1, -0.05) is 13.8 Å². The summed E-state index contributed by atoms with van der Waals surface area (Å²) in [6.45, 7) is 3.94. The molecule has 3 N–H and O–H groups in total. The summed E-state index contributed by atoms with van der Waals surface area (Å²) in [7, 11) is 1.71. The Kier molecular flexibility index (Phi) is 4.93. The Morgan fingerprint density at radius 1 is 1.32 bits per heavy atom. The van der Waals surface area contributed by atoms with Gasteiger partial charge < -0.3 is 10.3 Å². The first-order valence-electron chi connectivity index (χ1n) is 5.99. The fraction of sp³-hybridized carbons (Fsp3) is 0.636. The van der Waals surface area contributed by atoms with Gasteiger partial charge in [-0.15, -0.1) is 0 Å². The lowest BCUT2D eigenvalue weighted by Crippen LogP contribution is -2.32. The number of nitrogens with two attached hydrogens (primary N) is 1. The van der Waals surface area contributed by atoms with Crippen molar-refractivity contribution in [3.05, 3.63) is 11.9 Å². The first kappa shape index (κ1) is 15.5. The Bertz CT molecular complexity index is 417. The molecule has 0 bridgehead atoms. The maximum atomic E-state index is 12.7. The maximum absolute atomic E-state index is 12.7. The second kappa shape index (κ2) is 6.05. The zero-order valence-electron chi connectivity index (χ0n) is 11.1. The van der Waals surface area contributed by atoms with E-state index in [9.17, 15) is 13.2 Å². The van der Waals surface area contributed by atoms with E-state index in [4.69, 9.17) is 5.84 Å². The van der Waals surface area contributed by atoms with Crippen molar-refractivity contribution in [1.82, 2.24) is 9.97 Å². The third kappa shape index (κ3) is 3.69. The topological polar surface area (TPSA) is 67.1 Å². The van der Waals surface area contributed by atoms with E-state index in [-0.39, 0.29) is 17.7 Å². The lowest BCUT2D eigenvalue weighted by atomic mass is 10.1. The van der Waals surface area contributed by atoms with E-state index in [0.717, 1.165) is 12.8 Å². The lowest BCUT2D eigenvalue weighted by molar-refractivity contribution is -0.144. The number of rotatable bonds is 5. The highest BCUT2D eigenvalue weighted by atomic mass is 19.4. The molecule has 19 heavy (non-hydrogen) atoms. The van der Waals surface area contributed by atoms with Gasteiger partial charge in [0.1, 0.15) is 11.6 Å². The molecule has 0 amide bonds. The van der Waals surface area contributed by atoms with Gasteiger partial charge in [-0.05, 0) is 12.8 Å². The summed E-state index contributed by atoms with van der Waals surface area (Å²) in [4.78, 5) is 8.59. The number of aromatic nitrogens is 2. The van der Waals surface area contributed by atoms with Crippen LogP contribution in [0.15, 0.2) is 6.07 Å². The molecule has 0 spiro atoms. The molecule has 5 nitrogen and oxygen atoms in total. The van der Waals surface area contributed by atoms with Crippen LogP contribution in [0.5, 0.6) is 0 Å². The van der Waals surface area contributed by atoms with Crippen LogP contribution in [0.2, 0.25) is 0 Å². The van der Waals surface area contributed by atoms with Crippen LogP contribution in [0.25, 0.3) is 0 Å². The van der Waals surface area contributed by atoms with Crippen LogP contribution in [0.1, 0.15) is 32.5 Å². The van der Waals surface area contributed by atoms with E-state index >= 15 is 0 Å². The van der Waals surface area contributed by atoms with Gasteiger partial charge in [0.25, 0.3) is 0 Å². The molecule has 0 atom stereocenters. The van der Waals surface area contributed by atoms with Crippen LogP contribution in [0.4, 0.5) is 24.8 Å². The Morgan fingerprint density at radius 2 is 1.89 bits per heavy atom. The Hall–Kier alpha value is -1.57. The molecule has 0 saturated carbocycles. The number of anilines is 2. The number of nitrogens with one attached hydrogen (secondary N) is 1. The minimum atomic E-state index is -4.60. The molecule has 0 aliphatic rings. The summed E-state index contributed by atoms with van der Waals surface area (Å²) >= 11 is 0. The van der Waals surface area contributed by atoms with Crippen molar-refractivity contribution < 1.29 is 13.2 Å². The van der Waals surface area contributed by atoms with Gasteiger partial charge in [0.05, 0.1) is 0 Å². The smallest absolute Gasteiger partial charge is 0.357 e. The fourth-order valence-corrected chi connectivity index (χ4v) is 1.84. The first-order valence-corrected chi connectivity index (χ1v) is 5.99. The number of nitrogen functional groups attached to an aromatic ring is 1. The second-order valence-electron chi connectivity index (χ2n) is 4.16. The summed E-state index contributed by atoms with van der Waals surface area (Å²) < 4.78 is 38.1. The molecule has 0 aromatic carbocycles. The van der Waals surface area contributed by atoms with Gasteiger partial charge in [0, 0.05) is 19.2 Å². The fourth-order valence-electron chi connectivity index (χ4n) is 1.84. The van der Waals surface area contributed by atoms with E-state index in [1.165, 1.54) is 6.07 Å². The minimum absolute atomic E-state index is 0.0601. The summed E-state index contributed by atoms with van der Waals surface area (Å²) in [5, 5.41) is 0. The second-order valence-corrected chi connectivity index (χ2v) is 4.16. The van der Waals surface area contributed by atoms with Crippen molar-refractivity contribution in [2.45, 2.75) is 38.9 Å². The Balaban J connectivity index is 3.20. The minimum Gasteiger partial charge on any atom is -0.357 e. The van der Waals surface area contributed by atoms with Crippen LogP contribution in [-0.2, 0) is 6.18 Å². The zero-order valence-corrected chi connectivity index (χ0v) is 11.1. The van der Waals surface area contributed by atoms with Gasteiger partial charge in [-0.3, -0.25) is 0 Å². The molecule has 1 rings (SSSR count).